The highest BCUT2D eigenvalue weighted by atomic mass is 79.9. The van der Waals surface area contributed by atoms with Crippen LogP contribution in [0.4, 0.5) is 0 Å². The van der Waals surface area contributed by atoms with Gasteiger partial charge in [-0.3, -0.25) is 4.68 Å². The highest BCUT2D eigenvalue weighted by Gasteiger charge is 2.25. The smallest absolute Gasteiger partial charge is 0.0904 e. The third-order valence-electron chi connectivity index (χ3n) is 2.02. The summed E-state index contributed by atoms with van der Waals surface area (Å²) in [4.78, 5) is 0. The van der Waals surface area contributed by atoms with Crippen LogP contribution in [0.3, 0.4) is 0 Å². The van der Waals surface area contributed by atoms with Gasteiger partial charge in [-0.25, -0.2) is 0 Å². The van der Waals surface area contributed by atoms with Gasteiger partial charge in [0, 0.05) is 12.7 Å². The average Bonchev–Trinajstić information content (AvgIpc) is 2.80. The van der Waals surface area contributed by atoms with Gasteiger partial charge in [0.05, 0.1) is 16.2 Å². The number of nitrogens with one attached hydrogen (secondary N) is 1. The molecule has 1 heterocycles. The first-order valence-electron chi connectivity index (χ1n) is 4.19. The third-order valence-corrected chi connectivity index (χ3v) is 2.69. The molecule has 14 heavy (non-hydrogen) atoms. The molecule has 1 aromatic heterocycles. The van der Waals surface area contributed by atoms with Gasteiger partial charge >= 0.3 is 0 Å². The van der Waals surface area contributed by atoms with E-state index in [1.54, 1.807) is 0 Å². The van der Waals surface area contributed by atoms with Gasteiger partial charge in [-0.1, -0.05) is 0 Å². The van der Waals surface area contributed by atoms with E-state index in [-0.39, 0.29) is 24.8 Å². The van der Waals surface area contributed by atoms with Crippen LogP contribution in [-0.2, 0) is 6.54 Å². The molecule has 1 N–H and O–H groups in total. The van der Waals surface area contributed by atoms with Gasteiger partial charge in [-0.15, -0.1) is 24.8 Å². The van der Waals surface area contributed by atoms with Crippen LogP contribution in [0, 0.1) is 0 Å². The molecule has 3 nitrogen and oxygen atoms in total. The lowest BCUT2D eigenvalue weighted by Gasteiger charge is -1.95. The molecule has 0 radical (unpaired) electrons. The van der Waals surface area contributed by atoms with E-state index in [2.05, 4.69) is 37.2 Å². The van der Waals surface area contributed by atoms with Crippen molar-refractivity contribution in [3.05, 3.63) is 16.4 Å². The molecule has 1 fully saturated rings. The predicted molar refractivity (Wildman–Crippen MR) is 65.5 cm³/mol. The number of nitrogens with zero attached hydrogens (tertiary/aromatic N) is 2. The van der Waals surface area contributed by atoms with Crippen molar-refractivity contribution in [1.29, 1.82) is 0 Å². The zero-order valence-corrected chi connectivity index (χ0v) is 11.1. The van der Waals surface area contributed by atoms with E-state index >= 15 is 0 Å². The van der Waals surface area contributed by atoms with Crippen LogP contribution in [-0.4, -0.2) is 16.8 Å². The Kier molecular flexibility index (Phi) is 6.05. The topological polar surface area (TPSA) is 29.9 Å². The summed E-state index contributed by atoms with van der Waals surface area (Å²) in [5.41, 5.74) is 1.10. The predicted octanol–water partition coefficient (Wildman–Crippen LogP) is 2.54. The molecule has 0 bridgehead atoms. The fraction of sp³-hybridized carbons (Fsp3) is 0.625. The third kappa shape index (κ3) is 3.12. The van der Waals surface area contributed by atoms with Crippen molar-refractivity contribution in [2.75, 3.05) is 7.05 Å². The molecule has 0 atom stereocenters. The summed E-state index contributed by atoms with van der Waals surface area (Å²) in [5, 5.41) is 7.56. The minimum Gasteiger partial charge on any atom is -0.314 e. The van der Waals surface area contributed by atoms with Crippen molar-refractivity contribution in [1.82, 2.24) is 15.1 Å². The van der Waals surface area contributed by atoms with Gasteiger partial charge in [0.1, 0.15) is 0 Å². The molecule has 1 aliphatic rings. The summed E-state index contributed by atoms with van der Waals surface area (Å²) in [6, 6.07) is 0.673. The first kappa shape index (κ1) is 14.2. The molecule has 1 aromatic rings. The van der Waals surface area contributed by atoms with Gasteiger partial charge < -0.3 is 5.32 Å². The van der Waals surface area contributed by atoms with E-state index < -0.39 is 0 Å². The Hall–Kier alpha value is 0.230. The second-order valence-electron chi connectivity index (χ2n) is 3.17. The highest BCUT2D eigenvalue weighted by molar-refractivity contribution is 9.10. The highest BCUT2D eigenvalue weighted by Crippen LogP contribution is 2.35. The van der Waals surface area contributed by atoms with Crippen molar-refractivity contribution in [2.45, 2.75) is 25.4 Å². The first-order valence-corrected chi connectivity index (χ1v) is 4.98. The summed E-state index contributed by atoms with van der Waals surface area (Å²) in [6.07, 6.45) is 4.64. The number of hydrogen-bond acceptors (Lipinski definition) is 2. The minimum absolute atomic E-state index is 0. The monoisotopic (exact) mass is 301 g/mol. The van der Waals surface area contributed by atoms with Crippen LogP contribution in [0.1, 0.15) is 24.6 Å². The fourth-order valence-electron chi connectivity index (χ4n) is 1.22. The Morgan fingerprint density at radius 3 is 2.71 bits per heavy atom. The molecule has 1 saturated carbocycles. The molecular weight excluding hydrogens is 289 g/mol. The Bertz CT molecular complexity index is 286. The molecule has 6 heteroatoms. The second kappa shape index (κ2) is 5.95. The van der Waals surface area contributed by atoms with Crippen LogP contribution in [0.5, 0.6) is 0 Å². The maximum absolute atomic E-state index is 4.47. The Morgan fingerprint density at radius 2 is 2.21 bits per heavy atom. The number of rotatable bonds is 3. The molecule has 82 valence electrons. The van der Waals surface area contributed by atoms with E-state index in [4.69, 9.17) is 0 Å². The minimum atomic E-state index is 0. The van der Waals surface area contributed by atoms with Crippen molar-refractivity contribution >= 4 is 40.7 Å². The van der Waals surface area contributed by atoms with E-state index in [9.17, 15) is 0 Å². The average molecular weight is 303 g/mol. The molecule has 0 unspecified atom stereocenters. The summed E-state index contributed by atoms with van der Waals surface area (Å²) in [7, 11) is 1.93. The van der Waals surface area contributed by atoms with E-state index in [1.807, 2.05) is 7.05 Å². The summed E-state index contributed by atoms with van der Waals surface area (Å²) < 4.78 is 3.18. The number of halogens is 3. The quantitative estimate of drug-likeness (QED) is 0.930. The summed E-state index contributed by atoms with van der Waals surface area (Å²) in [5.74, 6) is 0. The maximum atomic E-state index is 4.47. The van der Waals surface area contributed by atoms with Crippen LogP contribution < -0.4 is 5.32 Å². The molecule has 2 rings (SSSR count). The van der Waals surface area contributed by atoms with Crippen LogP contribution in [0.15, 0.2) is 10.7 Å². The molecule has 0 aromatic carbocycles. The molecule has 0 saturated heterocycles. The Balaban J connectivity index is 0.000000845. The SMILES string of the molecule is CNCc1nn(C2CC2)cc1Br.Cl.Cl. The molecule has 0 amide bonds. The van der Waals surface area contributed by atoms with Crippen LogP contribution in [0.25, 0.3) is 0 Å². The van der Waals surface area contributed by atoms with E-state index in [0.717, 1.165) is 16.7 Å². The van der Waals surface area contributed by atoms with E-state index in [0.29, 0.717) is 6.04 Å². The molecule has 1 aliphatic carbocycles. The van der Waals surface area contributed by atoms with Gasteiger partial charge in [-0.05, 0) is 35.8 Å². The van der Waals surface area contributed by atoms with Gasteiger partial charge in [0.25, 0.3) is 0 Å². The summed E-state index contributed by atoms with van der Waals surface area (Å²) >= 11 is 3.49. The molecular formula is C8H14BrCl2N3. The summed E-state index contributed by atoms with van der Waals surface area (Å²) in [6.45, 7) is 0.834. The van der Waals surface area contributed by atoms with Crippen molar-refractivity contribution in [3.8, 4) is 0 Å². The second-order valence-corrected chi connectivity index (χ2v) is 4.02. The lowest BCUT2D eigenvalue weighted by molar-refractivity contribution is 0.622. The van der Waals surface area contributed by atoms with Gasteiger partial charge in [0.15, 0.2) is 0 Å². The van der Waals surface area contributed by atoms with Crippen LogP contribution >= 0.6 is 40.7 Å². The zero-order valence-electron chi connectivity index (χ0n) is 7.86. The fourth-order valence-corrected chi connectivity index (χ4v) is 1.65. The van der Waals surface area contributed by atoms with Gasteiger partial charge in [-0.2, -0.15) is 5.10 Å². The van der Waals surface area contributed by atoms with Gasteiger partial charge in [0.2, 0.25) is 0 Å². The number of aromatic nitrogens is 2. The van der Waals surface area contributed by atoms with Crippen molar-refractivity contribution in [2.24, 2.45) is 0 Å². The zero-order chi connectivity index (χ0) is 8.55. The Morgan fingerprint density at radius 1 is 1.57 bits per heavy atom. The Labute approximate surface area is 105 Å². The van der Waals surface area contributed by atoms with Crippen molar-refractivity contribution in [3.63, 3.8) is 0 Å². The largest absolute Gasteiger partial charge is 0.314 e. The van der Waals surface area contributed by atoms with Crippen LogP contribution in [0.2, 0.25) is 0 Å². The molecule has 0 spiro atoms. The standard InChI is InChI=1S/C8H12BrN3.2ClH/c1-10-4-8-7(9)5-12(11-8)6-2-3-6;;/h5-6,10H,2-4H2,1H3;2*1H. The van der Waals surface area contributed by atoms with Crippen molar-refractivity contribution < 1.29 is 0 Å². The molecule has 0 aliphatic heterocycles. The normalized spacial score (nSPS) is 14.4. The number of hydrogen-bond donors (Lipinski definition) is 1. The lowest BCUT2D eigenvalue weighted by Crippen LogP contribution is -2.06. The first-order chi connectivity index (χ1) is 5.81. The van der Waals surface area contributed by atoms with E-state index in [1.165, 1.54) is 12.8 Å². The lowest BCUT2D eigenvalue weighted by atomic mass is 10.4. The maximum Gasteiger partial charge on any atom is 0.0904 e.